The molecule has 0 aliphatic carbocycles. The number of hydrogen-bond acceptors (Lipinski definition) is 3. The van der Waals surface area contributed by atoms with Crippen molar-refractivity contribution in [2.45, 2.75) is 31.6 Å². The topological polar surface area (TPSA) is 58.0 Å². The average molecular weight is 403 g/mol. The smallest absolute Gasteiger partial charge is 0.283 e. The number of fused-ring (bicyclic) bond motifs is 1. The molecule has 25 heavy (non-hydrogen) atoms. The molecular formula is C20H23BrN2O2. The van der Waals surface area contributed by atoms with Gasteiger partial charge >= 0.3 is 0 Å². The average Bonchev–Trinajstić information content (AvgIpc) is 3.01. The van der Waals surface area contributed by atoms with Gasteiger partial charge < -0.3 is 9.84 Å². The first kappa shape index (κ1) is 18.0. The normalized spacial score (nSPS) is 15.2. The van der Waals surface area contributed by atoms with Crippen LogP contribution in [0.1, 0.15) is 35.6 Å². The van der Waals surface area contributed by atoms with Gasteiger partial charge in [-0.3, -0.25) is 4.79 Å². The highest BCUT2D eigenvalue weighted by Crippen LogP contribution is 2.27. The quantitative estimate of drug-likeness (QED) is 0.694. The predicted octanol–water partition coefficient (Wildman–Crippen LogP) is 3.95. The Kier molecular flexibility index (Phi) is 5.76. The van der Waals surface area contributed by atoms with Crippen LogP contribution in [0.5, 0.6) is 0 Å². The van der Waals surface area contributed by atoms with E-state index in [9.17, 15) is 4.79 Å². The van der Waals surface area contributed by atoms with Crippen LogP contribution in [-0.2, 0) is 12.8 Å². The molecule has 1 aromatic heterocycles. The third-order valence-electron chi connectivity index (χ3n) is 5.01. The van der Waals surface area contributed by atoms with Crippen LogP contribution >= 0.6 is 17.0 Å². The molecule has 2 N–H and O–H groups in total. The Hall–Kier alpha value is -1.85. The molecule has 132 valence electrons. The van der Waals surface area contributed by atoms with E-state index < -0.39 is 0 Å². The summed E-state index contributed by atoms with van der Waals surface area (Å²) in [6.45, 7) is 1.98. The van der Waals surface area contributed by atoms with Crippen LogP contribution in [0, 0.1) is 0 Å². The summed E-state index contributed by atoms with van der Waals surface area (Å²) in [7, 11) is 0. The van der Waals surface area contributed by atoms with Gasteiger partial charge in [0.1, 0.15) is 5.76 Å². The lowest BCUT2D eigenvalue weighted by molar-refractivity contribution is 0.323. The number of halogens is 1. The Morgan fingerprint density at radius 2 is 1.76 bits per heavy atom. The fraction of sp³-hybridized carbons (Fsp3) is 0.350. The first-order valence-corrected chi connectivity index (χ1v) is 8.70. The van der Waals surface area contributed by atoms with Crippen molar-refractivity contribution in [3.63, 3.8) is 0 Å². The van der Waals surface area contributed by atoms with E-state index in [0.29, 0.717) is 5.92 Å². The summed E-state index contributed by atoms with van der Waals surface area (Å²) in [4.78, 5) is 12.2. The molecule has 2 heterocycles. The number of benzene rings is 2. The van der Waals surface area contributed by atoms with Gasteiger partial charge in [0.05, 0.1) is 5.56 Å². The molecule has 3 aromatic rings. The Morgan fingerprint density at radius 3 is 2.56 bits per heavy atom. The molecule has 0 amide bonds. The second-order valence-corrected chi connectivity index (χ2v) is 6.58. The van der Waals surface area contributed by atoms with Crippen LogP contribution in [0.4, 0.5) is 0 Å². The van der Waals surface area contributed by atoms with E-state index in [4.69, 9.17) is 4.52 Å². The van der Waals surface area contributed by atoms with Gasteiger partial charge in [0, 0.05) is 5.92 Å². The summed E-state index contributed by atoms with van der Waals surface area (Å²) in [5, 5.41) is 8.40. The second-order valence-electron chi connectivity index (χ2n) is 6.58. The monoisotopic (exact) mass is 402 g/mol. The standard InChI is InChI=1S/C20H22N2O2.BrH/c23-20-18(19(24-22-20)16-9-11-21-12-10-16)8-6-14-5-7-15-3-1-2-4-17(15)13-14;/h1-5,7,13,16,21H,6,8-12H2,(H,22,23);1H. The van der Waals surface area contributed by atoms with Gasteiger partial charge in [-0.25, -0.2) is 0 Å². The molecule has 4 rings (SSSR count). The molecule has 0 spiro atoms. The minimum Gasteiger partial charge on any atom is -0.383 e. The Balaban J connectivity index is 0.00000182. The molecule has 1 fully saturated rings. The minimum absolute atomic E-state index is 0. The van der Waals surface area contributed by atoms with Crippen molar-refractivity contribution >= 4 is 27.8 Å². The van der Waals surface area contributed by atoms with Crippen molar-refractivity contribution in [2.24, 2.45) is 0 Å². The summed E-state index contributed by atoms with van der Waals surface area (Å²) in [6, 6.07) is 14.9. The van der Waals surface area contributed by atoms with Crippen molar-refractivity contribution in [2.75, 3.05) is 13.1 Å². The largest absolute Gasteiger partial charge is 0.383 e. The maximum Gasteiger partial charge on any atom is 0.283 e. The third-order valence-corrected chi connectivity index (χ3v) is 5.01. The molecular weight excluding hydrogens is 380 g/mol. The predicted molar refractivity (Wildman–Crippen MR) is 106 cm³/mol. The van der Waals surface area contributed by atoms with Crippen LogP contribution in [0.2, 0.25) is 0 Å². The maximum absolute atomic E-state index is 12.2. The highest BCUT2D eigenvalue weighted by Gasteiger charge is 2.24. The van der Waals surface area contributed by atoms with Gasteiger partial charge in [-0.2, -0.15) is 5.16 Å². The first-order valence-electron chi connectivity index (χ1n) is 8.70. The van der Waals surface area contributed by atoms with Crippen LogP contribution in [-0.4, -0.2) is 18.2 Å². The van der Waals surface area contributed by atoms with Crippen LogP contribution < -0.4 is 10.9 Å². The van der Waals surface area contributed by atoms with Crippen LogP contribution in [0.25, 0.3) is 10.8 Å². The molecule has 0 atom stereocenters. The van der Waals surface area contributed by atoms with Crippen LogP contribution in [0.15, 0.2) is 51.8 Å². The van der Waals surface area contributed by atoms with Gasteiger partial charge in [-0.1, -0.05) is 42.5 Å². The van der Waals surface area contributed by atoms with E-state index in [1.807, 2.05) is 0 Å². The van der Waals surface area contributed by atoms with Gasteiger partial charge in [-0.05, 0) is 55.1 Å². The van der Waals surface area contributed by atoms with Crippen molar-refractivity contribution in [1.82, 2.24) is 10.5 Å². The van der Waals surface area contributed by atoms with E-state index in [0.717, 1.165) is 50.1 Å². The van der Waals surface area contributed by atoms with Crippen molar-refractivity contribution in [3.05, 3.63) is 69.7 Å². The Bertz CT molecular complexity index is 894. The van der Waals surface area contributed by atoms with E-state index in [-0.39, 0.29) is 22.5 Å². The molecule has 0 radical (unpaired) electrons. The molecule has 2 aromatic carbocycles. The summed E-state index contributed by atoms with van der Waals surface area (Å²) >= 11 is 0. The Morgan fingerprint density at radius 1 is 1.00 bits per heavy atom. The van der Waals surface area contributed by atoms with Gasteiger partial charge in [0.25, 0.3) is 5.56 Å². The summed E-state index contributed by atoms with van der Waals surface area (Å²) in [5.74, 6) is 1.24. The van der Waals surface area contributed by atoms with E-state index in [1.165, 1.54) is 16.3 Å². The van der Waals surface area contributed by atoms with Gasteiger partial charge in [0.2, 0.25) is 0 Å². The lowest BCUT2D eigenvalue weighted by Crippen LogP contribution is -2.27. The molecule has 1 aliphatic rings. The van der Waals surface area contributed by atoms with Gasteiger partial charge in [-0.15, -0.1) is 17.0 Å². The zero-order chi connectivity index (χ0) is 16.4. The zero-order valence-corrected chi connectivity index (χ0v) is 15.8. The van der Waals surface area contributed by atoms with E-state index >= 15 is 0 Å². The molecule has 0 saturated carbocycles. The Labute approximate surface area is 157 Å². The number of aromatic amines is 1. The third kappa shape index (κ3) is 3.88. The van der Waals surface area contributed by atoms with Crippen molar-refractivity contribution in [1.29, 1.82) is 0 Å². The first-order chi connectivity index (χ1) is 11.8. The number of hydrogen-bond donors (Lipinski definition) is 2. The zero-order valence-electron chi connectivity index (χ0n) is 14.1. The summed E-state index contributed by atoms with van der Waals surface area (Å²) in [5.41, 5.74) is 2.02. The van der Waals surface area contributed by atoms with E-state index in [2.05, 4.69) is 52.9 Å². The number of piperidine rings is 1. The summed E-state index contributed by atoms with van der Waals surface area (Å²) in [6.07, 6.45) is 3.64. The highest BCUT2D eigenvalue weighted by atomic mass is 79.9. The lowest BCUT2D eigenvalue weighted by Gasteiger charge is -2.20. The number of nitrogens with one attached hydrogen (secondary N) is 2. The number of aromatic nitrogens is 1. The molecule has 1 saturated heterocycles. The fourth-order valence-electron chi connectivity index (χ4n) is 3.65. The SMILES string of the molecule is Br.O=c1[nH]oc(C2CCNCC2)c1CCc1ccc2ccccc2c1. The molecule has 0 bridgehead atoms. The number of aryl methyl sites for hydroxylation is 1. The minimum atomic E-state index is -0.0654. The maximum atomic E-state index is 12.2. The highest BCUT2D eigenvalue weighted by molar-refractivity contribution is 8.93. The molecule has 4 nitrogen and oxygen atoms in total. The van der Waals surface area contributed by atoms with Crippen LogP contribution in [0.3, 0.4) is 0 Å². The number of H-pyrrole nitrogens is 1. The molecule has 0 unspecified atom stereocenters. The lowest BCUT2D eigenvalue weighted by atomic mass is 9.91. The van der Waals surface area contributed by atoms with E-state index in [1.54, 1.807) is 0 Å². The molecule has 5 heteroatoms. The second kappa shape index (κ2) is 8.02. The van der Waals surface area contributed by atoms with Crippen molar-refractivity contribution in [3.8, 4) is 0 Å². The number of rotatable bonds is 4. The molecule has 1 aliphatic heterocycles. The van der Waals surface area contributed by atoms with Crippen molar-refractivity contribution < 1.29 is 4.52 Å². The fourth-order valence-corrected chi connectivity index (χ4v) is 3.65. The van der Waals surface area contributed by atoms with Gasteiger partial charge in [0.15, 0.2) is 0 Å². The summed E-state index contributed by atoms with van der Waals surface area (Å²) < 4.78 is 5.53.